The second-order valence-electron chi connectivity index (χ2n) is 5.88. The standard InChI is InChI=1S/C15H26N4O8/c16-6-2-1-3-8(17)13(24)18-9(4-5-11(20)21)14(25)19-10(15(26)27)7-12(22)23/h8-10H,1-7,16-17H2,(H,18,24)(H,19,25)(H,20,21)(H,22,23)(H,26,27)/t8-,9-,10-/m0/s1. The van der Waals surface area contributed by atoms with Crippen LogP contribution in [0.3, 0.4) is 0 Å². The number of amides is 2. The van der Waals surface area contributed by atoms with Gasteiger partial charge in [-0.1, -0.05) is 6.42 Å². The molecule has 0 aliphatic rings. The molecule has 0 aromatic carbocycles. The Bertz CT molecular complexity index is 554. The van der Waals surface area contributed by atoms with Crippen molar-refractivity contribution < 1.29 is 39.3 Å². The van der Waals surface area contributed by atoms with Gasteiger partial charge in [0, 0.05) is 6.42 Å². The maximum atomic E-state index is 12.2. The molecule has 0 fully saturated rings. The van der Waals surface area contributed by atoms with Crippen molar-refractivity contribution in [2.45, 2.75) is 56.7 Å². The van der Waals surface area contributed by atoms with E-state index in [9.17, 15) is 24.0 Å². The van der Waals surface area contributed by atoms with Crippen LogP contribution in [0.25, 0.3) is 0 Å². The van der Waals surface area contributed by atoms with Crippen LogP contribution in [0.1, 0.15) is 38.5 Å². The zero-order chi connectivity index (χ0) is 21.0. The Morgan fingerprint density at radius 2 is 1.41 bits per heavy atom. The minimum atomic E-state index is -1.72. The Labute approximate surface area is 155 Å². The van der Waals surface area contributed by atoms with Crippen LogP contribution >= 0.6 is 0 Å². The second kappa shape index (κ2) is 12.6. The zero-order valence-corrected chi connectivity index (χ0v) is 14.7. The van der Waals surface area contributed by atoms with Crippen molar-refractivity contribution in [2.75, 3.05) is 6.54 Å². The number of carbonyl (C=O) groups is 5. The molecule has 0 unspecified atom stereocenters. The minimum absolute atomic E-state index is 0.299. The molecule has 0 saturated heterocycles. The van der Waals surface area contributed by atoms with Crippen LogP contribution in [0.4, 0.5) is 0 Å². The van der Waals surface area contributed by atoms with Gasteiger partial charge in [0.25, 0.3) is 0 Å². The maximum Gasteiger partial charge on any atom is 0.326 e. The molecule has 12 nitrogen and oxygen atoms in total. The predicted molar refractivity (Wildman–Crippen MR) is 91.5 cm³/mol. The summed E-state index contributed by atoms with van der Waals surface area (Å²) in [6.07, 6.45) is -0.137. The van der Waals surface area contributed by atoms with Gasteiger partial charge in [0.15, 0.2) is 0 Å². The third-order valence-electron chi connectivity index (χ3n) is 3.58. The van der Waals surface area contributed by atoms with Crippen molar-refractivity contribution in [1.82, 2.24) is 10.6 Å². The van der Waals surface area contributed by atoms with Gasteiger partial charge in [0.2, 0.25) is 11.8 Å². The summed E-state index contributed by atoms with van der Waals surface area (Å²) >= 11 is 0. The van der Waals surface area contributed by atoms with Gasteiger partial charge in [0.05, 0.1) is 12.5 Å². The highest BCUT2D eigenvalue weighted by Gasteiger charge is 2.29. The first-order valence-corrected chi connectivity index (χ1v) is 8.31. The number of carboxylic acid groups (broad SMARTS) is 3. The van der Waals surface area contributed by atoms with E-state index in [1.54, 1.807) is 0 Å². The Balaban J connectivity index is 5.01. The lowest BCUT2D eigenvalue weighted by molar-refractivity contribution is -0.147. The van der Waals surface area contributed by atoms with Crippen LogP contribution in [-0.2, 0) is 24.0 Å². The number of hydrogen-bond acceptors (Lipinski definition) is 7. The summed E-state index contributed by atoms with van der Waals surface area (Å²) in [6.45, 7) is 0.429. The van der Waals surface area contributed by atoms with Gasteiger partial charge in [-0.2, -0.15) is 0 Å². The van der Waals surface area contributed by atoms with Crippen molar-refractivity contribution >= 4 is 29.7 Å². The summed E-state index contributed by atoms with van der Waals surface area (Å²) in [4.78, 5) is 56.8. The van der Waals surface area contributed by atoms with Crippen LogP contribution in [0, 0.1) is 0 Å². The maximum absolute atomic E-state index is 12.2. The fourth-order valence-corrected chi connectivity index (χ4v) is 2.10. The van der Waals surface area contributed by atoms with E-state index < -0.39 is 60.7 Å². The lowest BCUT2D eigenvalue weighted by Gasteiger charge is -2.22. The number of carbonyl (C=O) groups excluding carboxylic acids is 2. The average Bonchev–Trinajstić information content (AvgIpc) is 2.56. The van der Waals surface area contributed by atoms with Crippen LogP contribution in [0.2, 0.25) is 0 Å². The molecular formula is C15H26N4O8. The quantitative estimate of drug-likeness (QED) is 0.159. The van der Waals surface area contributed by atoms with E-state index in [4.69, 9.17) is 26.8 Å². The predicted octanol–water partition coefficient (Wildman–Crippen LogP) is -2.16. The molecule has 9 N–H and O–H groups in total. The minimum Gasteiger partial charge on any atom is -0.481 e. The van der Waals surface area contributed by atoms with E-state index >= 15 is 0 Å². The lowest BCUT2D eigenvalue weighted by atomic mass is 10.1. The van der Waals surface area contributed by atoms with E-state index in [0.717, 1.165) is 0 Å². The Morgan fingerprint density at radius 3 is 1.89 bits per heavy atom. The highest BCUT2D eigenvalue weighted by Crippen LogP contribution is 2.04. The summed E-state index contributed by atoms with van der Waals surface area (Å²) < 4.78 is 0. The number of unbranched alkanes of at least 4 members (excludes halogenated alkanes) is 1. The summed E-state index contributed by atoms with van der Waals surface area (Å²) in [5, 5.41) is 30.7. The summed E-state index contributed by atoms with van der Waals surface area (Å²) in [6, 6.07) is -4.05. The molecule has 0 bridgehead atoms. The van der Waals surface area contributed by atoms with Crippen molar-refractivity contribution in [3.63, 3.8) is 0 Å². The van der Waals surface area contributed by atoms with Gasteiger partial charge < -0.3 is 37.4 Å². The normalized spacial score (nSPS) is 13.9. The first-order chi connectivity index (χ1) is 12.6. The van der Waals surface area contributed by atoms with E-state index in [1.165, 1.54) is 0 Å². The molecule has 12 heteroatoms. The molecule has 0 aromatic rings. The van der Waals surface area contributed by atoms with Crippen LogP contribution in [-0.4, -0.2) is 69.7 Å². The highest BCUT2D eigenvalue weighted by atomic mass is 16.4. The Morgan fingerprint density at radius 1 is 0.815 bits per heavy atom. The third-order valence-corrected chi connectivity index (χ3v) is 3.58. The molecule has 0 radical (unpaired) electrons. The highest BCUT2D eigenvalue weighted by molar-refractivity contribution is 5.93. The van der Waals surface area contributed by atoms with Gasteiger partial charge >= 0.3 is 17.9 Å². The van der Waals surface area contributed by atoms with Gasteiger partial charge in [-0.15, -0.1) is 0 Å². The first kappa shape index (κ1) is 24.3. The number of aliphatic carboxylic acids is 3. The van der Waals surface area contributed by atoms with Gasteiger partial charge in [-0.25, -0.2) is 4.79 Å². The molecule has 27 heavy (non-hydrogen) atoms. The molecule has 154 valence electrons. The van der Waals surface area contributed by atoms with E-state index in [1.807, 2.05) is 5.32 Å². The number of rotatable bonds is 14. The van der Waals surface area contributed by atoms with Crippen molar-refractivity contribution in [3.8, 4) is 0 Å². The van der Waals surface area contributed by atoms with Gasteiger partial charge in [0.1, 0.15) is 12.1 Å². The van der Waals surface area contributed by atoms with Crippen LogP contribution in [0.15, 0.2) is 0 Å². The van der Waals surface area contributed by atoms with Gasteiger partial charge in [-0.05, 0) is 25.8 Å². The van der Waals surface area contributed by atoms with Crippen LogP contribution < -0.4 is 22.1 Å². The number of hydrogen-bond donors (Lipinski definition) is 7. The number of nitrogens with one attached hydrogen (secondary N) is 2. The summed E-state index contributed by atoms with van der Waals surface area (Å²) in [5.74, 6) is -5.96. The SMILES string of the molecule is NCCCC[C@H](N)C(=O)N[C@@H](CCC(=O)O)C(=O)N[C@@H](CC(=O)O)C(=O)O. The van der Waals surface area contributed by atoms with Gasteiger partial charge in [-0.3, -0.25) is 19.2 Å². The third kappa shape index (κ3) is 10.8. The summed E-state index contributed by atoms with van der Waals surface area (Å²) in [7, 11) is 0. The molecule has 0 rings (SSSR count). The topological polar surface area (TPSA) is 222 Å². The Hall–Kier alpha value is -2.73. The fraction of sp³-hybridized carbons (Fsp3) is 0.667. The molecule has 0 aliphatic carbocycles. The van der Waals surface area contributed by atoms with E-state index in [2.05, 4.69) is 5.32 Å². The molecule has 0 saturated carbocycles. The van der Waals surface area contributed by atoms with E-state index in [-0.39, 0.29) is 6.42 Å². The molecule has 0 aromatic heterocycles. The summed E-state index contributed by atoms with van der Waals surface area (Å²) in [5.41, 5.74) is 11.0. The molecule has 2 amide bonds. The fourth-order valence-electron chi connectivity index (χ4n) is 2.10. The number of nitrogens with two attached hydrogens (primary N) is 2. The van der Waals surface area contributed by atoms with Crippen molar-refractivity contribution in [2.24, 2.45) is 11.5 Å². The molecular weight excluding hydrogens is 364 g/mol. The Kier molecular flexibility index (Phi) is 11.3. The molecule has 0 spiro atoms. The second-order valence-corrected chi connectivity index (χ2v) is 5.88. The molecule has 0 aliphatic heterocycles. The molecule has 0 heterocycles. The average molecular weight is 390 g/mol. The molecule has 3 atom stereocenters. The zero-order valence-electron chi connectivity index (χ0n) is 14.7. The van der Waals surface area contributed by atoms with Crippen LogP contribution in [0.5, 0.6) is 0 Å². The van der Waals surface area contributed by atoms with Crippen molar-refractivity contribution in [3.05, 3.63) is 0 Å². The van der Waals surface area contributed by atoms with E-state index in [0.29, 0.717) is 25.8 Å². The largest absolute Gasteiger partial charge is 0.481 e. The first-order valence-electron chi connectivity index (χ1n) is 8.31. The monoisotopic (exact) mass is 390 g/mol. The smallest absolute Gasteiger partial charge is 0.326 e. The lowest BCUT2D eigenvalue weighted by Crippen LogP contribution is -2.54. The number of carboxylic acids is 3. The van der Waals surface area contributed by atoms with Crippen molar-refractivity contribution in [1.29, 1.82) is 0 Å².